The first-order valence-corrected chi connectivity index (χ1v) is 10.0. The molecule has 0 aliphatic carbocycles. The Morgan fingerprint density at radius 1 is 1.03 bits per heavy atom. The maximum atomic E-state index is 13.5. The first-order valence-electron chi connectivity index (χ1n) is 10.0. The Bertz CT molecular complexity index is 1090. The molecule has 2 aliphatic heterocycles. The first-order chi connectivity index (χ1) is 14.8. The molecule has 0 spiro atoms. The van der Waals surface area contributed by atoms with Gasteiger partial charge in [-0.3, -0.25) is 9.69 Å². The van der Waals surface area contributed by atoms with E-state index in [9.17, 15) is 14.4 Å². The lowest BCUT2D eigenvalue weighted by Crippen LogP contribution is -2.51. The van der Waals surface area contributed by atoms with Gasteiger partial charge in [0, 0.05) is 42.5 Å². The summed E-state index contributed by atoms with van der Waals surface area (Å²) >= 11 is 0. The summed E-state index contributed by atoms with van der Waals surface area (Å²) in [7, 11) is 0. The van der Waals surface area contributed by atoms with Gasteiger partial charge in [-0.25, -0.2) is 9.59 Å². The fourth-order valence-electron chi connectivity index (χ4n) is 4.00. The van der Waals surface area contributed by atoms with Gasteiger partial charge in [0.15, 0.2) is 0 Å². The monoisotopic (exact) mass is 421 g/mol. The number of hydrogen-bond donors (Lipinski definition) is 2. The minimum Gasteiger partial charge on any atom is -0.426 e. The van der Waals surface area contributed by atoms with Gasteiger partial charge in [0.05, 0.1) is 11.1 Å². The fourth-order valence-corrected chi connectivity index (χ4v) is 4.00. The smallest absolute Gasteiger partial charge is 0.336 e. The number of carbonyl (C=O) groups excluding carboxylic acids is 3. The maximum Gasteiger partial charge on any atom is 0.336 e. The minimum atomic E-state index is -1.68. The van der Waals surface area contributed by atoms with Gasteiger partial charge in [0.2, 0.25) is 5.72 Å². The highest BCUT2D eigenvalue weighted by Gasteiger charge is 2.57. The van der Waals surface area contributed by atoms with Gasteiger partial charge in [-0.15, -0.1) is 0 Å². The van der Waals surface area contributed by atoms with Crippen LogP contribution in [0.15, 0.2) is 54.6 Å². The van der Waals surface area contributed by atoms with E-state index in [4.69, 9.17) is 15.2 Å². The average Bonchev–Trinajstić information content (AvgIpc) is 2.98. The molecule has 8 nitrogen and oxygen atoms in total. The summed E-state index contributed by atoms with van der Waals surface area (Å²) in [6, 6.07) is 11.9. The number of benzene rings is 2. The number of hydrogen-bond acceptors (Lipinski definition) is 7. The molecule has 4 rings (SSSR count). The lowest BCUT2D eigenvalue weighted by molar-refractivity contribution is -0.164. The third-order valence-corrected chi connectivity index (χ3v) is 5.25. The van der Waals surface area contributed by atoms with Crippen molar-refractivity contribution < 1.29 is 23.9 Å². The molecule has 2 aliphatic rings. The standard InChI is InChI=1S/C23H23N3O5/c1-14(2)25-12-13-26-22(29)15-6-5-9-18-21(15)23(26,16-7-3-4-8-17(16)24)31-20(28)11-10-19(27)30-18/h3-11,14,25H,12-13,24H2,1-2H3/b11-10+. The molecule has 0 fully saturated rings. The Hall–Kier alpha value is -3.65. The molecule has 2 aromatic carbocycles. The Morgan fingerprint density at radius 3 is 2.52 bits per heavy atom. The number of ether oxygens (including phenoxy) is 2. The number of anilines is 1. The summed E-state index contributed by atoms with van der Waals surface area (Å²) in [4.78, 5) is 39.9. The Labute approximate surface area is 179 Å². The second-order valence-corrected chi connectivity index (χ2v) is 7.65. The van der Waals surface area contributed by atoms with Crippen molar-refractivity contribution in [1.82, 2.24) is 10.2 Å². The molecule has 0 bridgehead atoms. The predicted molar refractivity (Wildman–Crippen MR) is 113 cm³/mol. The van der Waals surface area contributed by atoms with Crippen molar-refractivity contribution in [3.63, 3.8) is 0 Å². The van der Waals surface area contributed by atoms with Crippen molar-refractivity contribution in [3.05, 3.63) is 71.3 Å². The van der Waals surface area contributed by atoms with Gasteiger partial charge >= 0.3 is 11.9 Å². The largest absolute Gasteiger partial charge is 0.426 e. The molecule has 1 amide bonds. The number of amides is 1. The second kappa shape index (κ2) is 7.88. The van der Waals surface area contributed by atoms with Crippen LogP contribution in [-0.4, -0.2) is 41.9 Å². The molecule has 0 aromatic heterocycles. The first kappa shape index (κ1) is 20.6. The molecule has 8 heteroatoms. The zero-order valence-electron chi connectivity index (χ0n) is 17.3. The molecule has 2 aromatic rings. The van der Waals surface area contributed by atoms with Gasteiger partial charge in [0.1, 0.15) is 5.75 Å². The molecule has 0 radical (unpaired) electrons. The van der Waals surface area contributed by atoms with Crippen LogP contribution in [-0.2, 0) is 20.1 Å². The van der Waals surface area contributed by atoms with Crippen molar-refractivity contribution in [3.8, 4) is 5.75 Å². The van der Waals surface area contributed by atoms with E-state index in [1.165, 1.54) is 4.90 Å². The van der Waals surface area contributed by atoms with E-state index in [0.29, 0.717) is 17.8 Å². The van der Waals surface area contributed by atoms with Crippen LogP contribution in [0.1, 0.15) is 35.3 Å². The Balaban J connectivity index is 2.00. The highest BCUT2D eigenvalue weighted by atomic mass is 16.6. The zero-order valence-corrected chi connectivity index (χ0v) is 17.3. The van der Waals surface area contributed by atoms with Gasteiger partial charge < -0.3 is 20.5 Å². The van der Waals surface area contributed by atoms with E-state index in [1.807, 2.05) is 13.8 Å². The van der Waals surface area contributed by atoms with Crippen molar-refractivity contribution in [2.75, 3.05) is 18.8 Å². The van der Waals surface area contributed by atoms with Crippen LogP contribution in [0.3, 0.4) is 0 Å². The lowest BCUT2D eigenvalue weighted by atomic mass is 9.91. The van der Waals surface area contributed by atoms with Gasteiger partial charge in [-0.2, -0.15) is 0 Å². The van der Waals surface area contributed by atoms with Crippen LogP contribution < -0.4 is 15.8 Å². The molecule has 3 N–H and O–H groups in total. The van der Waals surface area contributed by atoms with Crippen LogP contribution in [0.5, 0.6) is 5.75 Å². The highest BCUT2D eigenvalue weighted by Crippen LogP contribution is 2.51. The molecule has 2 heterocycles. The van der Waals surface area contributed by atoms with Crippen molar-refractivity contribution in [1.29, 1.82) is 0 Å². The molecule has 31 heavy (non-hydrogen) atoms. The normalized spacial score (nSPS) is 21.1. The molecule has 0 saturated heterocycles. The van der Waals surface area contributed by atoms with Crippen LogP contribution >= 0.6 is 0 Å². The molecular weight excluding hydrogens is 398 g/mol. The van der Waals surface area contributed by atoms with Gasteiger partial charge in [-0.1, -0.05) is 38.1 Å². The Kier molecular flexibility index (Phi) is 5.24. The van der Waals surface area contributed by atoms with Crippen molar-refractivity contribution in [2.24, 2.45) is 0 Å². The SMILES string of the molecule is CC(C)NCCN1C(=O)c2cccc3c2C1(c1ccccc1N)OC(=O)/C=C/C(=O)O3. The zero-order chi connectivity index (χ0) is 22.2. The molecule has 160 valence electrons. The van der Waals surface area contributed by atoms with Crippen LogP contribution in [0, 0.1) is 0 Å². The number of nitrogens with zero attached hydrogens (tertiary/aromatic N) is 1. The number of para-hydroxylation sites is 1. The van der Waals surface area contributed by atoms with Crippen molar-refractivity contribution >= 4 is 23.5 Å². The summed E-state index contributed by atoms with van der Waals surface area (Å²) in [5.74, 6) is -1.74. The van der Waals surface area contributed by atoms with Gasteiger partial charge in [-0.05, 0) is 18.2 Å². The number of esters is 2. The fraction of sp³-hybridized carbons (Fsp3) is 0.261. The maximum absolute atomic E-state index is 13.5. The van der Waals surface area contributed by atoms with E-state index >= 15 is 0 Å². The topological polar surface area (TPSA) is 111 Å². The van der Waals surface area contributed by atoms with E-state index < -0.39 is 17.7 Å². The van der Waals surface area contributed by atoms with Gasteiger partial charge in [0.25, 0.3) is 5.91 Å². The minimum absolute atomic E-state index is 0.137. The van der Waals surface area contributed by atoms with Crippen LogP contribution in [0.25, 0.3) is 0 Å². The Morgan fingerprint density at radius 2 is 1.77 bits per heavy atom. The van der Waals surface area contributed by atoms with Crippen LogP contribution in [0.4, 0.5) is 5.69 Å². The number of nitrogen functional groups attached to an aromatic ring is 1. The van der Waals surface area contributed by atoms with Crippen molar-refractivity contribution in [2.45, 2.75) is 25.6 Å². The van der Waals surface area contributed by atoms with E-state index in [-0.39, 0.29) is 35.4 Å². The molecule has 0 saturated carbocycles. The summed E-state index contributed by atoms with van der Waals surface area (Å²) in [5, 5.41) is 3.27. The third-order valence-electron chi connectivity index (χ3n) is 5.25. The predicted octanol–water partition coefficient (Wildman–Crippen LogP) is 1.94. The van der Waals surface area contributed by atoms with E-state index in [2.05, 4.69) is 5.32 Å². The second-order valence-electron chi connectivity index (χ2n) is 7.65. The summed E-state index contributed by atoms with van der Waals surface area (Å²) in [5.41, 5.74) is 5.95. The lowest BCUT2D eigenvalue weighted by Gasteiger charge is -2.39. The molecule has 1 atom stereocenters. The highest BCUT2D eigenvalue weighted by molar-refractivity contribution is 6.03. The number of carbonyl (C=O) groups is 3. The molecular formula is C23H23N3O5. The van der Waals surface area contributed by atoms with E-state index in [1.54, 1.807) is 42.5 Å². The number of nitrogens with two attached hydrogens (primary N) is 1. The third kappa shape index (κ3) is 3.44. The number of rotatable bonds is 5. The number of nitrogens with one attached hydrogen (secondary N) is 1. The van der Waals surface area contributed by atoms with Crippen LogP contribution in [0.2, 0.25) is 0 Å². The summed E-state index contributed by atoms with van der Waals surface area (Å²) < 4.78 is 11.5. The summed E-state index contributed by atoms with van der Waals surface area (Å²) in [6.07, 6.45) is 1.99. The quantitative estimate of drug-likeness (QED) is 0.431. The molecule has 1 unspecified atom stereocenters. The van der Waals surface area contributed by atoms with E-state index in [0.717, 1.165) is 12.2 Å². The average molecular weight is 421 g/mol. The summed E-state index contributed by atoms with van der Waals surface area (Å²) in [6.45, 7) is 4.67.